The number of hydrogen-bond acceptors (Lipinski definition) is 4. The molecule has 0 aromatic heterocycles. The molecule has 96 valence electrons. The summed E-state index contributed by atoms with van der Waals surface area (Å²) < 4.78 is 30.3. The van der Waals surface area contributed by atoms with Crippen molar-refractivity contribution < 1.29 is 23.1 Å². The topological polar surface area (TPSA) is 79.5 Å². The molecule has 0 aliphatic carbocycles. The minimum atomic E-state index is -2.71. The number of rotatable bonds is 3. The first kappa shape index (κ1) is 12.0. The molecular weight excluding hydrogens is 236 g/mol. The summed E-state index contributed by atoms with van der Waals surface area (Å²) in [6.45, 7) is -0.158. The minimum absolute atomic E-state index is 0.0997. The fourth-order valence-electron chi connectivity index (χ4n) is 1.82. The van der Waals surface area contributed by atoms with E-state index in [2.05, 4.69) is 20.7 Å². The molecule has 2 aliphatic rings. The lowest BCUT2D eigenvalue weighted by atomic mass is 10.2. The van der Waals surface area contributed by atoms with Crippen LogP contribution in [0.5, 0.6) is 0 Å². The molecule has 0 bridgehead atoms. The van der Waals surface area contributed by atoms with E-state index in [1.807, 2.05) is 0 Å². The van der Waals surface area contributed by atoms with E-state index in [4.69, 9.17) is 0 Å². The van der Waals surface area contributed by atoms with Gasteiger partial charge < -0.3 is 20.7 Å². The number of alkyl carbamates (subject to hydrolysis) is 1. The predicted molar refractivity (Wildman–Crippen MR) is 52.6 cm³/mol. The first-order chi connectivity index (χ1) is 7.96. The number of nitrogens with one attached hydrogen (secondary N) is 3. The van der Waals surface area contributed by atoms with E-state index in [0.29, 0.717) is 0 Å². The number of alkyl halides is 2. The van der Waals surface area contributed by atoms with Gasteiger partial charge in [-0.1, -0.05) is 0 Å². The molecule has 2 rings (SSSR count). The Morgan fingerprint density at radius 1 is 1.59 bits per heavy atom. The summed E-state index contributed by atoms with van der Waals surface area (Å²) in [4.78, 5) is 22.1. The number of halogens is 2. The highest BCUT2D eigenvalue weighted by molar-refractivity contribution is 5.86. The zero-order valence-electron chi connectivity index (χ0n) is 8.96. The van der Waals surface area contributed by atoms with Gasteiger partial charge in [0.05, 0.1) is 13.1 Å². The number of amides is 2. The van der Waals surface area contributed by atoms with Gasteiger partial charge in [0.25, 0.3) is 11.8 Å². The maximum absolute atomic E-state index is 12.8. The molecule has 6 nitrogen and oxygen atoms in total. The Bertz CT molecular complexity index is 337. The van der Waals surface area contributed by atoms with Crippen LogP contribution < -0.4 is 16.0 Å². The summed E-state index contributed by atoms with van der Waals surface area (Å²) in [7, 11) is 0. The van der Waals surface area contributed by atoms with Gasteiger partial charge in [-0.25, -0.2) is 13.6 Å². The van der Waals surface area contributed by atoms with Gasteiger partial charge >= 0.3 is 6.09 Å². The fourth-order valence-corrected chi connectivity index (χ4v) is 1.82. The van der Waals surface area contributed by atoms with Crippen molar-refractivity contribution in [3.8, 4) is 0 Å². The number of ether oxygens (including phenoxy) is 1. The smallest absolute Gasteiger partial charge is 0.408 e. The van der Waals surface area contributed by atoms with E-state index in [9.17, 15) is 18.4 Å². The van der Waals surface area contributed by atoms with E-state index >= 15 is 0 Å². The zero-order chi connectivity index (χ0) is 12.5. The molecule has 2 heterocycles. The summed E-state index contributed by atoms with van der Waals surface area (Å²) in [5, 5.41) is 7.42. The van der Waals surface area contributed by atoms with Crippen LogP contribution in [0, 0.1) is 0 Å². The van der Waals surface area contributed by atoms with Crippen molar-refractivity contribution >= 4 is 12.0 Å². The Hall–Kier alpha value is -1.44. The average Bonchev–Trinajstić information content (AvgIpc) is 2.81. The fraction of sp³-hybridized carbons (Fsp3) is 0.778. The molecular formula is C9H13F2N3O3. The highest BCUT2D eigenvalue weighted by Gasteiger charge is 2.39. The zero-order valence-corrected chi connectivity index (χ0v) is 8.96. The lowest BCUT2D eigenvalue weighted by Crippen LogP contribution is -2.43. The lowest BCUT2D eigenvalue weighted by molar-refractivity contribution is -0.127. The van der Waals surface area contributed by atoms with Crippen LogP contribution in [0.2, 0.25) is 0 Å². The number of hydrogen-bond donors (Lipinski definition) is 3. The molecule has 3 N–H and O–H groups in total. The van der Waals surface area contributed by atoms with Crippen LogP contribution in [0.15, 0.2) is 0 Å². The van der Waals surface area contributed by atoms with Crippen molar-refractivity contribution in [1.82, 2.24) is 16.0 Å². The average molecular weight is 249 g/mol. The second-order valence-electron chi connectivity index (χ2n) is 4.16. The van der Waals surface area contributed by atoms with Crippen LogP contribution in [0.25, 0.3) is 0 Å². The molecule has 0 radical (unpaired) electrons. The third-order valence-electron chi connectivity index (χ3n) is 2.69. The van der Waals surface area contributed by atoms with Gasteiger partial charge in [-0.15, -0.1) is 0 Å². The molecule has 0 spiro atoms. The monoisotopic (exact) mass is 249 g/mol. The van der Waals surface area contributed by atoms with Crippen molar-refractivity contribution in [3.05, 3.63) is 0 Å². The molecule has 17 heavy (non-hydrogen) atoms. The number of cyclic esters (lactones) is 1. The number of carbonyl (C=O) groups excluding carboxylic acids is 2. The maximum Gasteiger partial charge on any atom is 0.408 e. The van der Waals surface area contributed by atoms with Gasteiger partial charge in [0, 0.05) is 19.0 Å². The van der Waals surface area contributed by atoms with Crippen molar-refractivity contribution in [2.75, 3.05) is 19.6 Å². The molecule has 0 aromatic carbocycles. The van der Waals surface area contributed by atoms with Crippen molar-refractivity contribution in [2.24, 2.45) is 0 Å². The first-order valence-electron chi connectivity index (χ1n) is 5.30. The van der Waals surface area contributed by atoms with E-state index in [-0.39, 0.29) is 26.1 Å². The van der Waals surface area contributed by atoms with Crippen LogP contribution in [-0.4, -0.2) is 49.7 Å². The van der Waals surface area contributed by atoms with Crippen molar-refractivity contribution in [1.29, 1.82) is 0 Å². The van der Waals surface area contributed by atoms with Gasteiger partial charge in [0.15, 0.2) is 6.10 Å². The van der Waals surface area contributed by atoms with Gasteiger partial charge in [-0.05, 0) is 0 Å². The molecule has 1 unspecified atom stereocenters. The van der Waals surface area contributed by atoms with Crippen LogP contribution in [0.3, 0.4) is 0 Å². The Balaban J connectivity index is 1.72. The van der Waals surface area contributed by atoms with E-state index in [1.165, 1.54) is 0 Å². The molecule has 2 atom stereocenters. The van der Waals surface area contributed by atoms with Crippen LogP contribution in [-0.2, 0) is 9.53 Å². The lowest BCUT2D eigenvalue weighted by Gasteiger charge is -2.13. The Kier molecular flexibility index (Phi) is 3.14. The highest BCUT2D eigenvalue weighted by atomic mass is 19.3. The molecule has 2 amide bonds. The van der Waals surface area contributed by atoms with Gasteiger partial charge in [0.1, 0.15) is 0 Å². The van der Waals surface area contributed by atoms with E-state index in [1.54, 1.807) is 0 Å². The van der Waals surface area contributed by atoms with Gasteiger partial charge in [-0.3, -0.25) is 4.79 Å². The largest absolute Gasteiger partial charge is 0.434 e. The summed E-state index contributed by atoms with van der Waals surface area (Å²) in [6.07, 6.45) is -1.81. The molecule has 0 saturated carbocycles. The Labute approximate surface area is 96.1 Å². The summed E-state index contributed by atoms with van der Waals surface area (Å²) in [5.74, 6) is -3.18. The summed E-state index contributed by atoms with van der Waals surface area (Å²) >= 11 is 0. The normalized spacial score (nSPS) is 30.8. The van der Waals surface area contributed by atoms with E-state index < -0.39 is 30.1 Å². The third kappa shape index (κ3) is 3.02. The van der Waals surface area contributed by atoms with Gasteiger partial charge in [-0.2, -0.15) is 0 Å². The predicted octanol–water partition coefficient (Wildman–Crippen LogP) is -0.792. The quantitative estimate of drug-likeness (QED) is 0.612. The summed E-state index contributed by atoms with van der Waals surface area (Å²) in [5.41, 5.74) is 0. The minimum Gasteiger partial charge on any atom is -0.434 e. The van der Waals surface area contributed by atoms with Crippen LogP contribution in [0.4, 0.5) is 13.6 Å². The summed E-state index contributed by atoms with van der Waals surface area (Å²) in [6, 6.07) is -0.445. The molecule has 2 saturated heterocycles. The number of carbonyl (C=O) groups is 2. The standard InChI is InChI=1S/C9H13F2N3O3/c10-9(11)1-5(14-4-9)2-12-7(15)6-3-13-8(16)17-6/h5-6,14H,1-4H2,(H,12,15)(H,13,16)/t5?,6-/m0/s1. The Morgan fingerprint density at radius 2 is 2.35 bits per heavy atom. The second kappa shape index (κ2) is 4.44. The SMILES string of the molecule is O=C1NC[C@@H](C(=O)NCC2CC(F)(F)CN2)O1. The maximum atomic E-state index is 12.8. The first-order valence-corrected chi connectivity index (χ1v) is 5.30. The van der Waals surface area contributed by atoms with Gasteiger partial charge in [0.2, 0.25) is 0 Å². The van der Waals surface area contributed by atoms with E-state index in [0.717, 1.165) is 0 Å². The van der Waals surface area contributed by atoms with Crippen LogP contribution in [0.1, 0.15) is 6.42 Å². The molecule has 2 aliphatic heterocycles. The molecule has 0 aromatic rings. The molecule has 8 heteroatoms. The van der Waals surface area contributed by atoms with Crippen LogP contribution >= 0.6 is 0 Å². The van der Waals surface area contributed by atoms with Crippen molar-refractivity contribution in [3.63, 3.8) is 0 Å². The van der Waals surface area contributed by atoms with Crippen molar-refractivity contribution in [2.45, 2.75) is 24.5 Å². The second-order valence-corrected chi connectivity index (χ2v) is 4.16. The Morgan fingerprint density at radius 3 is 2.88 bits per heavy atom. The highest BCUT2D eigenvalue weighted by Crippen LogP contribution is 2.24. The third-order valence-corrected chi connectivity index (χ3v) is 2.69. The molecule has 2 fully saturated rings.